The second-order valence-electron chi connectivity index (χ2n) is 8.01. The fourth-order valence-electron chi connectivity index (χ4n) is 3.58. The molecule has 0 bridgehead atoms. The standard InChI is InChI=1S/C22H20ClFN6O2/c1-11-2-5-16(24)15(20(11)23)10-25-17-8-18(27-14-3-4-14)30-21(28-17)13(9-26-30)6-12-7-19(31)29-22(12)32/h2,5-6,8-9,14,27H,3-4,7,10H2,1H3,(H,25,28)(H,29,31,32)/b12-6+. The maximum absolute atomic E-state index is 14.3. The molecule has 2 amide bonds. The molecule has 3 N–H and O–H groups in total. The van der Waals surface area contributed by atoms with E-state index in [1.165, 1.54) is 6.07 Å². The fourth-order valence-corrected chi connectivity index (χ4v) is 3.80. The Bertz CT molecular complexity index is 1300. The SMILES string of the molecule is Cc1ccc(F)c(CNc2cc(NC3CC3)n3ncc(/C=C4\CC(=O)NC4=O)c3n2)c1Cl. The lowest BCUT2D eigenvalue weighted by Crippen LogP contribution is -2.19. The second kappa shape index (κ2) is 7.90. The number of nitrogens with zero attached hydrogens (tertiary/aromatic N) is 3. The molecule has 1 saturated heterocycles. The molecule has 0 unspecified atom stereocenters. The molecule has 1 aliphatic heterocycles. The summed E-state index contributed by atoms with van der Waals surface area (Å²) >= 11 is 6.30. The van der Waals surface area contributed by atoms with E-state index in [0.29, 0.717) is 39.2 Å². The van der Waals surface area contributed by atoms with Gasteiger partial charge in [-0.15, -0.1) is 0 Å². The summed E-state index contributed by atoms with van der Waals surface area (Å²) in [6, 6.07) is 5.20. The number of imide groups is 1. The molecule has 2 aromatic heterocycles. The summed E-state index contributed by atoms with van der Waals surface area (Å²) in [4.78, 5) is 28.1. The van der Waals surface area contributed by atoms with E-state index in [1.54, 1.807) is 22.9 Å². The summed E-state index contributed by atoms with van der Waals surface area (Å²) in [6.45, 7) is 1.98. The van der Waals surface area contributed by atoms with Gasteiger partial charge in [-0.1, -0.05) is 17.7 Å². The summed E-state index contributed by atoms with van der Waals surface area (Å²) in [5, 5.41) is 13.6. The molecule has 164 valence electrons. The van der Waals surface area contributed by atoms with Crippen LogP contribution in [0, 0.1) is 12.7 Å². The van der Waals surface area contributed by atoms with Crippen molar-refractivity contribution < 1.29 is 14.0 Å². The predicted molar refractivity (Wildman–Crippen MR) is 119 cm³/mol. The molecule has 2 aliphatic rings. The molecule has 10 heteroatoms. The van der Waals surface area contributed by atoms with Gasteiger partial charge < -0.3 is 10.6 Å². The van der Waals surface area contributed by atoms with E-state index < -0.39 is 11.7 Å². The predicted octanol–water partition coefficient (Wildman–Crippen LogP) is 3.45. The van der Waals surface area contributed by atoms with Gasteiger partial charge in [-0.05, 0) is 37.5 Å². The third kappa shape index (κ3) is 3.91. The van der Waals surface area contributed by atoms with E-state index >= 15 is 0 Å². The van der Waals surface area contributed by atoms with Gasteiger partial charge in [-0.2, -0.15) is 9.61 Å². The van der Waals surface area contributed by atoms with Crippen LogP contribution in [0.3, 0.4) is 0 Å². The Balaban J connectivity index is 1.51. The molecular formula is C22H20ClFN6O2. The van der Waals surface area contributed by atoms with Gasteiger partial charge in [0.1, 0.15) is 17.5 Å². The van der Waals surface area contributed by atoms with Crippen LogP contribution in [0.15, 0.2) is 30.0 Å². The number of aryl methyl sites for hydroxylation is 1. The molecule has 0 spiro atoms. The minimum Gasteiger partial charge on any atom is -0.367 e. The van der Waals surface area contributed by atoms with Gasteiger partial charge in [0.15, 0.2) is 5.65 Å². The molecule has 1 aliphatic carbocycles. The molecule has 2 fully saturated rings. The minimum absolute atomic E-state index is 0.0203. The maximum atomic E-state index is 14.3. The third-order valence-electron chi connectivity index (χ3n) is 5.48. The zero-order chi connectivity index (χ0) is 22.4. The summed E-state index contributed by atoms with van der Waals surface area (Å²) in [5.41, 5.74) is 2.62. The Morgan fingerprint density at radius 3 is 2.88 bits per heavy atom. The molecule has 32 heavy (non-hydrogen) atoms. The lowest BCUT2D eigenvalue weighted by atomic mass is 10.1. The summed E-state index contributed by atoms with van der Waals surface area (Å²) in [5.74, 6) is 0.0973. The third-order valence-corrected chi connectivity index (χ3v) is 6.01. The first kappa shape index (κ1) is 20.4. The Morgan fingerprint density at radius 1 is 1.34 bits per heavy atom. The maximum Gasteiger partial charge on any atom is 0.254 e. The normalized spacial score (nSPS) is 17.3. The van der Waals surface area contributed by atoms with Crippen LogP contribution < -0.4 is 16.0 Å². The lowest BCUT2D eigenvalue weighted by molar-refractivity contribution is -0.124. The van der Waals surface area contributed by atoms with E-state index in [4.69, 9.17) is 11.6 Å². The number of carbonyl (C=O) groups excluding carboxylic acids is 2. The highest BCUT2D eigenvalue weighted by Crippen LogP contribution is 2.29. The summed E-state index contributed by atoms with van der Waals surface area (Å²) in [6.07, 6.45) is 5.38. The molecule has 3 heterocycles. The molecule has 3 aromatic rings. The fraction of sp³-hybridized carbons (Fsp3) is 0.273. The topological polar surface area (TPSA) is 100 Å². The van der Waals surface area contributed by atoms with Gasteiger partial charge in [0.2, 0.25) is 5.91 Å². The summed E-state index contributed by atoms with van der Waals surface area (Å²) < 4.78 is 16.0. The van der Waals surface area contributed by atoms with Gasteiger partial charge in [0.25, 0.3) is 5.91 Å². The van der Waals surface area contributed by atoms with E-state index in [2.05, 4.69) is 26.0 Å². The number of fused-ring (bicyclic) bond motifs is 1. The Kier molecular flexibility index (Phi) is 5.05. The second-order valence-corrected chi connectivity index (χ2v) is 8.39. The Morgan fingerprint density at radius 2 is 2.16 bits per heavy atom. The largest absolute Gasteiger partial charge is 0.367 e. The van der Waals surface area contributed by atoms with Gasteiger partial charge in [-0.3, -0.25) is 14.9 Å². The average molecular weight is 455 g/mol. The van der Waals surface area contributed by atoms with Gasteiger partial charge >= 0.3 is 0 Å². The van der Waals surface area contributed by atoms with Crippen LogP contribution in [0.25, 0.3) is 11.7 Å². The number of anilines is 2. The molecule has 1 aromatic carbocycles. The van der Waals surface area contributed by atoms with Crippen LogP contribution in [-0.4, -0.2) is 32.5 Å². The van der Waals surface area contributed by atoms with Gasteiger partial charge in [-0.25, -0.2) is 9.37 Å². The smallest absolute Gasteiger partial charge is 0.254 e. The Labute approximate surface area is 187 Å². The van der Waals surface area contributed by atoms with Crippen LogP contribution in [-0.2, 0) is 16.1 Å². The molecular weight excluding hydrogens is 435 g/mol. The zero-order valence-electron chi connectivity index (χ0n) is 17.2. The van der Waals surface area contributed by atoms with Crippen molar-refractivity contribution in [3.8, 4) is 0 Å². The van der Waals surface area contributed by atoms with Crippen molar-refractivity contribution in [3.05, 3.63) is 57.5 Å². The number of carbonyl (C=O) groups is 2. The molecule has 0 radical (unpaired) electrons. The van der Waals surface area contributed by atoms with Crippen LogP contribution in [0.5, 0.6) is 0 Å². The van der Waals surface area contributed by atoms with E-state index in [-0.39, 0.29) is 18.9 Å². The Hall–Kier alpha value is -3.46. The number of halogens is 2. The molecule has 0 atom stereocenters. The summed E-state index contributed by atoms with van der Waals surface area (Å²) in [7, 11) is 0. The number of benzene rings is 1. The van der Waals surface area contributed by atoms with Crippen molar-refractivity contribution in [2.45, 2.75) is 38.8 Å². The van der Waals surface area contributed by atoms with Crippen molar-refractivity contribution in [1.82, 2.24) is 19.9 Å². The first-order valence-electron chi connectivity index (χ1n) is 10.3. The van der Waals surface area contributed by atoms with Gasteiger partial charge in [0, 0.05) is 35.4 Å². The number of rotatable bonds is 6. The van der Waals surface area contributed by atoms with Crippen molar-refractivity contribution in [3.63, 3.8) is 0 Å². The first-order chi connectivity index (χ1) is 15.4. The van der Waals surface area contributed by atoms with E-state index in [1.807, 2.05) is 13.0 Å². The van der Waals surface area contributed by atoms with Crippen molar-refractivity contribution in [2.75, 3.05) is 10.6 Å². The monoisotopic (exact) mass is 454 g/mol. The zero-order valence-corrected chi connectivity index (χ0v) is 18.0. The van der Waals surface area contributed by atoms with Crippen LogP contribution in [0.1, 0.15) is 36.0 Å². The van der Waals surface area contributed by atoms with Crippen LogP contribution >= 0.6 is 11.6 Å². The highest BCUT2D eigenvalue weighted by Gasteiger charge is 2.26. The lowest BCUT2D eigenvalue weighted by Gasteiger charge is -2.13. The number of amides is 2. The van der Waals surface area contributed by atoms with Gasteiger partial charge in [0.05, 0.1) is 17.6 Å². The quantitative estimate of drug-likeness (QED) is 0.389. The van der Waals surface area contributed by atoms with E-state index in [0.717, 1.165) is 24.2 Å². The number of hydrogen-bond acceptors (Lipinski definition) is 6. The van der Waals surface area contributed by atoms with Crippen molar-refractivity contribution in [1.29, 1.82) is 0 Å². The number of aromatic nitrogens is 3. The molecule has 8 nitrogen and oxygen atoms in total. The highest BCUT2D eigenvalue weighted by molar-refractivity contribution is 6.32. The average Bonchev–Trinajstić information content (AvgIpc) is 3.39. The van der Waals surface area contributed by atoms with Crippen molar-refractivity contribution >= 4 is 46.8 Å². The molecule has 1 saturated carbocycles. The first-order valence-corrected chi connectivity index (χ1v) is 10.6. The number of nitrogens with one attached hydrogen (secondary N) is 3. The minimum atomic E-state index is -0.412. The molecule has 5 rings (SSSR count). The number of hydrogen-bond donors (Lipinski definition) is 3. The highest BCUT2D eigenvalue weighted by atomic mass is 35.5. The van der Waals surface area contributed by atoms with E-state index in [9.17, 15) is 14.0 Å². The van der Waals surface area contributed by atoms with Crippen LogP contribution in [0.4, 0.5) is 16.0 Å². The van der Waals surface area contributed by atoms with Crippen molar-refractivity contribution in [2.24, 2.45) is 0 Å². The van der Waals surface area contributed by atoms with Crippen LogP contribution in [0.2, 0.25) is 5.02 Å².